The molecule has 1 fully saturated rings. The fourth-order valence-corrected chi connectivity index (χ4v) is 3.40. The van der Waals surface area contributed by atoms with E-state index in [2.05, 4.69) is 10.6 Å². The lowest BCUT2D eigenvalue weighted by atomic mass is 9.94. The van der Waals surface area contributed by atoms with Gasteiger partial charge in [0.1, 0.15) is 11.1 Å². The van der Waals surface area contributed by atoms with Crippen molar-refractivity contribution in [3.05, 3.63) is 24.3 Å². The van der Waals surface area contributed by atoms with Gasteiger partial charge in [-0.15, -0.1) is 11.6 Å². The van der Waals surface area contributed by atoms with Crippen molar-refractivity contribution in [3.63, 3.8) is 0 Å². The van der Waals surface area contributed by atoms with Gasteiger partial charge in [0.2, 0.25) is 17.7 Å². The molecule has 0 spiro atoms. The molecule has 28 heavy (non-hydrogen) atoms. The molecule has 0 heterocycles. The lowest BCUT2D eigenvalue weighted by molar-refractivity contribution is -0.138. The number of hydrogen-bond donors (Lipinski definition) is 2. The number of nitrogens with one attached hydrogen (secondary N) is 2. The summed E-state index contributed by atoms with van der Waals surface area (Å²) in [7, 11) is 1.56. The molecular weight excluding hydrogens is 382 g/mol. The first kappa shape index (κ1) is 22.0. The summed E-state index contributed by atoms with van der Waals surface area (Å²) >= 11 is 5.97. The number of amides is 3. The summed E-state index contributed by atoms with van der Waals surface area (Å²) in [6, 6.07) is 6.92. The van der Waals surface area contributed by atoms with Gasteiger partial charge in [-0.25, -0.2) is 0 Å². The van der Waals surface area contributed by atoms with Crippen molar-refractivity contribution in [2.45, 2.75) is 50.4 Å². The average Bonchev–Trinajstić information content (AvgIpc) is 2.71. The highest BCUT2D eigenvalue weighted by Crippen LogP contribution is 2.23. The van der Waals surface area contributed by atoms with Gasteiger partial charge >= 0.3 is 0 Å². The number of methoxy groups -OCH3 is 1. The largest absolute Gasteiger partial charge is 0.497 e. The van der Waals surface area contributed by atoms with E-state index in [9.17, 15) is 14.4 Å². The molecule has 2 N–H and O–H groups in total. The molecule has 0 bridgehead atoms. The molecule has 1 aliphatic carbocycles. The highest BCUT2D eigenvalue weighted by Gasteiger charge is 2.29. The van der Waals surface area contributed by atoms with Crippen LogP contribution in [0.4, 0.5) is 5.69 Å². The molecule has 7 nitrogen and oxygen atoms in total. The van der Waals surface area contributed by atoms with Gasteiger partial charge in [-0.1, -0.05) is 19.3 Å². The van der Waals surface area contributed by atoms with Crippen molar-refractivity contribution in [2.24, 2.45) is 0 Å². The molecule has 1 aliphatic rings. The normalized spacial score (nSPS) is 15.4. The highest BCUT2D eigenvalue weighted by atomic mass is 35.5. The van der Waals surface area contributed by atoms with E-state index >= 15 is 0 Å². The SMILES string of the molecule is COc1ccc(NC(=O)CNC(=O)CN(C(=O)C(C)Cl)C2CCCCC2)cc1. The maximum Gasteiger partial charge on any atom is 0.243 e. The Bertz CT molecular complexity index is 673. The molecule has 1 atom stereocenters. The number of carbonyl (C=O) groups is 3. The number of hydrogen-bond acceptors (Lipinski definition) is 4. The molecule has 3 amide bonds. The van der Waals surface area contributed by atoms with Crippen LogP contribution >= 0.6 is 11.6 Å². The second-order valence-electron chi connectivity index (χ2n) is 6.93. The summed E-state index contributed by atoms with van der Waals surface area (Å²) in [5.41, 5.74) is 0.607. The fraction of sp³-hybridized carbons (Fsp3) is 0.550. The van der Waals surface area contributed by atoms with E-state index in [1.165, 1.54) is 0 Å². The van der Waals surface area contributed by atoms with E-state index in [0.717, 1.165) is 32.1 Å². The predicted molar refractivity (Wildman–Crippen MR) is 109 cm³/mol. The zero-order valence-corrected chi connectivity index (χ0v) is 17.1. The van der Waals surface area contributed by atoms with Gasteiger partial charge in [-0.05, 0) is 44.0 Å². The Labute approximate surface area is 170 Å². The molecule has 154 valence electrons. The number of anilines is 1. The maximum atomic E-state index is 12.4. The second-order valence-corrected chi connectivity index (χ2v) is 7.58. The molecule has 1 unspecified atom stereocenters. The monoisotopic (exact) mass is 409 g/mol. The van der Waals surface area contributed by atoms with Crippen LogP contribution in [0.3, 0.4) is 0 Å². The first-order valence-corrected chi connectivity index (χ1v) is 9.99. The number of halogens is 1. The van der Waals surface area contributed by atoms with Crippen LogP contribution in [0, 0.1) is 0 Å². The van der Waals surface area contributed by atoms with Crippen LogP contribution in [0.5, 0.6) is 5.75 Å². The zero-order valence-electron chi connectivity index (χ0n) is 16.4. The van der Waals surface area contributed by atoms with E-state index in [1.807, 2.05) is 0 Å². The minimum atomic E-state index is -0.687. The standard InChI is InChI=1S/C20H28ClN3O4/c1-14(21)20(27)24(16-6-4-3-5-7-16)13-19(26)22-12-18(25)23-15-8-10-17(28-2)11-9-15/h8-11,14,16H,3-7,12-13H2,1-2H3,(H,22,26)(H,23,25). The van der Waals surface area contributed by atoms with Gasteiger partial charge < -0.3 is 20.3 Å². The molecule has 0 aromatic heterocycles. The second kappa shape index (κ2) is 10.9. The van der Waals surface area contributed by atoms with Crippen LogP contribution in [-0.2, 0) is 14.4 Å². The summed E-state index contributed by atoms with van der Waals surface area (Å²) in [6.45, 7) is 1.35. The zero-order chi connectivity index (χ0) is 20.5. The number of carbonyl (C=O) groups excluding carboxylic acids is 3. The van der Waals surface area contributed by atoms with Crippen molar-refractivity contribution in [3.8, 4) is 5.75 Å². The molecule has 8 heteroatoms. The lowest BCUT2D eigenvalue weighted by Gasteiger charge is -2.34. The van der Waals surface area contributed by atoms with Crippen LogP contribution in [0.25, 0.3) is 0 Å². The van der Waals surface area contributed by atoms with Crippen LogP contribution in [0.15, 0.2) is 24.3 Å². The number of benzene rings is 1. The average molecular weight is 410 g/mol. The number of nitrogens with zero attached hydrogens (tertiary/aromatic N) is 1. The van der Waals surface area contributed by atoms with Crippen LogP contribution in [0.1, 0.15) is 39.0 Å². The summed E-state index contributed by atoms with van der Waals surface area (Å²) in [5, 5.41) is 4.58. The smallest absolute Gasteiger partial charge is 0.243 e. The molecule has 1 saturated carbocycles. The molecule has 2 rings (SSSR count). The fourth-order valence-electron chi connectivity index (χ4n) is 3.28. The van der Waals surface area contributed by atoms with Crippen LogP contribution in [-0.4, -0.2) is 54.2 Å². The number of alkyl halides is 1. The van der Waals surface area contributed by atoms with Gasteiger partial charge in [0.15, 0.2) is 0 Å². The van der Waals surface area contributed by atoms with Crippen molar-refractivity contribution >= 4 is 35.0 Å². The van der Waals surface area contributed by atoms with E-state index < -0.39 is 5.38 Å². The minimum Gasteiger partial charge on any atom is -0.497 e. The van der Waals surface area contributed by atoms with Crippen LogP contribution in [0.2, 0.25) is 0 Å². The van der Waals surface area contributed by atoms with Gasteiger partial charge in [0.25, 0.3) is 0 Å². The number of ether oxygens (including phenoxy) is 1. The van der Waals surface area contributed by atoms with E-state index in [-0.39, 0.29) is 36.9 Å². The molecule has 0 aliphatic heterocycles. The Morgan fingerprint density at radius 3 is 2.36 bits per heavy atom. The van der Waals surface area contributed by atoms with Crippen molar-refractivity contribution < 1.29 is 19.1 Å². The van der Waals surface area contributed by atoms with E-state index in [4.69, 9.17) is 16.3 Å². The molecule has 1 aromatic carbocycles. The Morgan fingerprint density at radius 1 is 1.14 bits per heavy atom. The first-order chi connectivity index (χ1) is 13.4. The summed E-state index contributed by atoms with van der Waals surface area (Å²) in [5.74, 6) is -0.278. The summed E-state index contributed by atoms with van der Waals surface area (Å²) in [6.07, 6.45) is 4.97. The molecule has 0 radical (unpaired) electrons. The third-order valence-corrected chi connectivity index (χ3v) is 4.96. The van der Waals surface area contributed by atoms with Gasteiger partial charge in [-0.3, -0.25) is 14.4 Å². The minimum absolute atomic E-state index is 0.0290. The molecular formula is C20H28ClN3O4. The first-order valence-electron chi connectivity index (χ1n) is 9.56. The predicted octanol–water partition coefficient (Wildman–Crippen LogP) is 2.54. The van der Waals surface area contributed by atoms with Crippen molar-refractivity contribution in [1.29, 1.82) is 0 Å². The maximum absolute atomic E-state index is 12.4. The lowest BCUT2D eigenvalue weighted by Crippen LogP contribution is -2.50. The summed E-state index contributed by atoms with van der Waals surface area (Å²) in [4.78, 5) is 38.4. The van der Waals surface area contributed by atoms with Gasteiger partial charge in [0.05, 0.1) is 20.2 Å². The topological polar surface area (TPSA) is 87.7 Å². The Hall–Kier alpha value is -2.28. The third kappa shape index (κ3) is 6.71. The Kier molecular flexibility index (Phi) is 8.57. The molecule has 1 aromatic rings. The van der Waals surface area contributed by atoms with Gasteiger partial charge in [0, 0.05) is 11.7 Å². The Balaban J connectivity index is 1.85. The molecule has 0 saturated heterocycles. The summed E-state index contributed by atoms with van der Waals surface area (Å²) < 4.78 is 5.06. The highest BCUT2D eigenvalue weighted by molar-refractivity contribution is 6.30. The number of rotatable bonds is 8. The Morgan fingerprint density at radius 2 is 1.79 bits per heavy atom. The van der Waals surface area contributed by atoms with Crippen molar-refractivity contribution in [2.75, 3.05) is 25.5 Å². The quantitative estimate of drug-likeness (QED) is 0.646. The van der Waals surface area contributed by atoms with Gasteiger partial charge in [-0.2, -0.15) is 0 Å². The van der Waals surface area contributed by atoms with Crippen molar-refractivity contribution in [1.82, 2.24) is 10.2 Å². The van der Waals surface area contributed by atoms with Crippen LogP contribution < -0.4 is 15.4 Å². The van der Waals surface area contributed by atoms with E-state index in [1.54, 1.807) is 43.2 Å². The third-order valence-electron chi connectivity index (χ3n) is 4.77. The van der Waals surface area contributed by atoms with E-state index in [0.29, 0.717) is 11.4 Å².